The first kappa shape index (κ1) is 31.4. The van der Waals surface area contributed by atoms with Crippen LogP contribution in [0.4, 0.5) is 22.0 Å². The molecule has 7 nitrogen and oxygen atoms in total. The summed E-state index contributed by atoms with van der Waals surface area (Å²) in [6.07, 6.45) is -6.29. The predicted molar refractivity (Wildman–Crippen MR) is 120 cm³/mol. The van der Waals surface area contributed by atoms with E-state index in [1.54, 1.807) is 27.7 Å². The number of rotatable bonds is 10. The van der Waals surface area contributed by atoms with Crippen LogP contribution in [0.15, 0.2) is 28.0 Å². The fourth-order valence-corrected chi connectivity index (χ4v) is 7.89. The number of halogens is 5. The summed E-state index contributed by atoms with van der Waals surface area (Å²) in [5.74, 6) is -8.70. The first-order chi connectivity index (χ1) is 15.5. The van der Waals surface area contributed by atoms with Gasteiger partial charge in [0.25, 0.3) is 0 Å². The van der Waals surface area contributed by atoms with Gasteiger partial charge in [-0.15, -0.1) is 0 Å². The Balaban J connectivity index is 4.10. The van der Waals surface area contributed by atoms with Gasteiger partial charge in [-0.1, -0.05) is 0 Å². The highest BCUT2D eigenvalue weighted by Gasteiger charge is 2.63. The molecule has 0 fully saturated rings. The Morgan fingerprint density at radius 3 is 1.43 bits per heavy atom. The minimum Gasteiger partial charge on any atom is -0.287 e. The van der Waals surface area contributed by atoms with Crippen LogP contribution in [0.5, 0.6) is 0 Å². The summed E-state index contributed by atoms with van der Waals surface area (Å²) in [6, 6.07) is -1.28. The average molecular weight is 551 g/mol. The zero-order valence-corrected chi connectivity index (χ0v) is 22.3. The van der Waals surface area contributed by atoms with Crippen molar-refractivity contribution in [2.75, 3.05) is 0 Å². The van der Waals surface area contributed by atoms with Gasteiger partial charge in [0, 0.05) is 29.7 Å². The molecule has 35 heavy (non-hydrogen) atoms. The summed E-state index contributed by atoms with van der Waals surface area (Å²) < 4.78 is 122. The third-order valence-electron chi connectivity index (χ3n) is 5.01. The van der Waals surface area contributed by atoms with Crippen LogP contribution in [-0.4, -0.2) is 67.5 Å². The molecule has 0 saturated heterocycles. The molecule has 0 N–H and O–H groups in total. The Bertz CT molecular complexity index is 1130. The van der Waals surface area contributed by atoms with Crippen molar-refractivity contribution in [2.24, 2.45) is 0 Å². The van der Waals surface area contributed by atoms with Crippen LogP contribution in [-0.2, 0) is 20.0 Å². The van der Waals surface area contributed by atoms with Crippen molar-refractivity contribution in [3.05, 3.63) is 23.8 Å². The van der Waals surface area contributed by atoms with Gasteiger partial charge in [-0.25, -0.2) is 16.8 Å². The maximum atomic E-state index is 14.0. The summed E-state index contributed by atoms with van der Waals surface area (Å²) in [5.41, 5.74) is -1.46. The SMILES string of the molecule is CC(C)N(C(C)C)S(=O)(=O)c1ccc(C(=O)C(F)(F)C(F)(F)F)c(S(=O)(=O)N(C(C)C)C(C)C)c1. The van der Waals surface area contributed by atoms with Crippen molar-refractivity contribution < 1.29 is 43.6 Å². The van der Waals surface area contributed by atoms with Gasteiger partial charge >= 0.3 is 12.1 Å². The van der Waals surface area contributed by atoms with Crippen molar-refractivity contribution in [1.29, 1.82) is 0 Å². The Morgan fingerprint density at radius 1 is 0.714 bits per heavy atom. The molecule has 0 aliphatic heterocycles. The molecule has 0 aliphatic rings. The van der Waals surface area contributed by atoms with E-state index in [4.69, 9.17) is 0 Å². The summed E-state index contributed by atoms with van der Waals surface area (Å²) >= 11 is 0. The van der Waals surface area contributed by atoms with Gasteiger partial charge in [0.2, 0.25) is 25.8 Å². The summed E-state index contributed by atoms with van der Waals surface area (Å²) in [6.45, 7) is 11.9. The molecule has 0 amide bonds. The molecule has 14 heteroatoms. The lowest BCUT2D eigenvalue weighted by atomic mass is 10.1. The quantitative estimate of drug-likeness (QED) is 0.312. The van der Waals surface area contributed by atoms with Gasteiger partial charge < -0.3 is 0 Å². The molecule has 0 radical (unpaired) electrons. The largest absolute Gasteiger partial charge is 0.461 e. The molecule has 1 aromatic carbocycles. The van der Waals surface area contributed by atoms with Crippen molar-refractivity contribution in [2.45, 2.75) is 101 Å². The second-order valence-corrected chi connectivity index (χ2v) is 12.8. The third kappa shape index (κ3) is 6.03. The van der Waals surface area contributed by atoms with E-state index in [0.29, 0.717) is 18.2 Å². The third-order valence-corrected chi connectivity index (χ3v) is 9.55. The minimum atomic E-state index is -6.29. The van der Waals surface area contributed by atoms with Crippen LogP contribution < -0.4 is 0 Å². The first-order valence-corrected chi connectivity index (χ1v) is 13.6. The first-order valence-electron chi connectivity index (χ1n) is 10.7. The molecular formula is C21H31F5N2O5S2. The van der Waals surface area contributed by atoms with E-state index in [-0.39, 0.29) is 0 Å². The summed E-state index contributed by atoms with van der Waals surface area (Å²) in [7, 11) is -9.33. The fraction of sp³-hybridized carbons (Fsp3) is 0.667. The molecular weight excluding hydrogens is 519 g/mol. The number of sulfonamides is 2. The molecule has 0 heterocycles. The maximum Gasteiger partial charge on any atom is 0.461 e. The second-order valence-electron chi connectivity index (χ2n) is 9.10. The molecule has 0 spiro atoms. The second kappa shape index (κ2) is 10.4. The van der Waals surface area contributed by atoms with Crippen LogP contribution in [0.2, 0.25) is 0 Å². The van der Waals surface area contributed by atoms with Gasteiger partial charge in [-0.3, -0.25) is 4.79 Å². The topological polar surface area (TPSA) is 91.8 Å². The minimum absolute atomic E-state index is 0.388. The Kier molecular flexibility index (Phi) is 9.31. The Morgan fingerprint density at radius 2 is 1.09 bits per heavy atom. The zero-order chi connectivity index (χ0) is 27.9. The Hall–Kier alpha value is -1.64. The molecule has 0 saturated carbocycles. The van der Waals surface area contributed by atoms with Crippen LogP contribution >= 0.6 is 0 Å². The number of carbonyl (C=O) groups excluding carboxylic acids is 1. The number of hydrogen-bond acceptors (Lipinski definition) is 5. The highest BCUT2D eigenvalue weighted by Crippen LogP contribution is 2.40. The maximum absolute atomic E-state index is 14.0. The summed E-state index contributed by atoms with van der Waals surface area (Å²) in [5, 5.41) is 0. The highest BCUT2D eigenvalue weighted by molar-refractivity contribution is 7.90. The van der Waals surface area contributed by atoms with Gasteiger partial charge in [0.05, 0.1) is 9.79 Å². The van der Waals surface area contributed by atoms with E-state index in [9.17, 15) is 43.6 Å². The number of nitrogens with zero attached hydrogens (tertiary/aromatic N) is 2. The number of benzene rings is 1. The normalized spacial score (nSPS) is 14.3. The molecule has 1 aromatic rings. The van der Waals surface area contributed by atoms with Gasteiger partial charge in [-0.2, -0.15) is 30.6 Å². The van der Waals surface area contributed by atoms with E-state index in [1.807, 2.05) is 0 Å². The van der Waals surface area contributed by atoms with Crippen molar-refractivity contribution in [3.63, 3.8) is 0 Å². The number of carbonyl (C=O) groups is 1. The van der Waals surface area contributed by atoms with Crippen LogP contribution in [0.3, 0.4) is 0 Å². The van der Waals surface area contributed by atoms with E-state index >= 15 is 0 Å². The van der Waals surface area contributed by atoms with Crippen molar-refractivity contribution in [1.82, 2.24) is 8.61 Å². The molecule has 0 aliphatic carbocycles. The molecule has 0 atom stereocenters. The average Bonchev–Trinajstić information content (AvgIpc) is 2.63. The lowest BCUT2D eigenvalue weighted by molar-refractivity contribution is -0.255. The van der Waals surface area contributed by atoms with Crippen molar-refractivity contribution >= 4 is 25.8 Å². The van der Waals surface area contributed by atoms with Crippen molar-refractivity contribution in [3.8, 4) is 0 Å². The van der Waals surface area contributed by atoms with Gasteiger partial charge in [0.1, 0.15) is 0 Å². The van der Waals surface area contributed by atoms with Gasteiger partial charge in [-0.05, 0) is 73.6 Å². The van der Waals surface area contributed by atoms with Crippen LogP contribution in [0, 0.1) is 0 Å². The van der Waals surface area contributed by atoms with E-state index in [0.717, 1.165) is 8.61 Å². The van der Waals surface area contributed by atoms with Gasteiger partial charge in [0.15, 0.2) is 0 Å². The lowest BCUT2D eigenvalue weighted by Gasteiger charge is -2.32. The van der Waals surface area contributed by atoms with E-state index in [2.05, 4.69) is 0 Å². The number of ketones is 1. The van der Waals surface area contributed by atoms with Crippen LogP contribution in [0.1, 0.15) is 65.7 Å². The zero-order valence-electron chi connectivity index (χ0n) is 20.7. The number of Topliss-reactive ketones (excluding diaryl/α,β-unsaturated/α-hetero) is 1. The van der Waals surface area contributed by atoms with E-state index < -0.39 is 77.5 Å². The molecule has 0 unspecified atom stereocenters. The number of alkyl halides is 5. The lowest BCUT2D eigenvalue weighted by Crippen LogP contribution is -2.46. The molecule has 0 aromatic heterocycles. The summed E-state index contributed by atoms with van der Waals surface area (Å²) in [4.78, 5) is 10.4. The predicted octanol–water partition coefficient (Wildman–Crippen LogP) is 4.68. The standard InChI is InChI=1S/C21H31F5N2O5S2/c1-12(2)27(13(3)4)34(30,31)16-9-10-17(19(29)20(22,23)21(24,25)26)18(11-16)35(32,33)28(14(5)6)15(7)8/h9-15H,1-8H3. The molecule has 202 valence electrons. The molecule has 0 bridgehead atoms. The molecule has 1 rings (SSSR count). The monoisotopic (exact) mass is 550 g/mol. The Labute approximate surface area is 203 Å². The number of hydrogen-bond donors (Lipinski definition) is 0. The smallest absolute Gasteiger partial charge is 0.287 e. The highest BCUT2D eigenvalue weighted by atomic mass is 32.2. The van der Waals surface area contributed by atoms with Crippen LogP contribution in [0.25, 0.3) is 0 Å². The van der Waals surface area contributed by atoms with E-state index in [1.165, 1.54) is 27.7 Å². The fourth-order valence-electron chi connectivity index (χ4n) is 3.90.